The summed E-state index contributed by atoms with van der Waals surface area (Å²) < 4.78 is 4.97. The van der Waals surface area contributed by atoms with Crippen LogP contribution in [0.4, 0.5) is 5.69 Å². The van der Waals surface area contributed by atoms with Gasteiger partial charge in [-0.25, -0.2) is 4.79 Å². The van der Waals surface area contributed by atoms with Crippen molar-refractivity contribution >= 4 is 46.8 Å². The second-order valence-corrected chi connectivity index (χ2v) is 7.53. The van der Waals surface area contributed by atoms with Crippen LogP contribution in [0.2, 0.25) is 10.0 Å². The Morgan fingerprint density at radius 2 is 1.87 bits per heavy atom. The molecule has 8 heteroatoms. The summed E-state index contributed by atoms with van der Waals surface area (Å²) in [6, 6.07) is 13.6. The van der Waals surface area contributed by atoms with Gasteiger partial charge in [0.05, 0.1) is 6.04 Å². The highest BCUT2D eigenvalue weighted by atomic mass is 35.5. The molecule has 0 heterocycles. The van der Waals surface area contributed by atoms with E-state index in [1.165, 1.54) is 6.08 Å². The Hall–Kier alpha value is -3.01. The van der Waals surface area contributed by atoms with Crippen LogP contribution in [0.5, 0.6) is 0 Å². The van der Waals surface area contributed by atoms with Gasteiger partial charge in [0, 0.05) is 29.8 Å². The zero-order valence-electron chi connectivity index (χ0n) is 16.8. The van der Waals surface area contributed by atoms with Gasteiger partial charge in [-0.05, 0) is 48.4 Å². The van der Waals surface area contributed by atoms with Crippen molar-refractivity contribution in [1.29, 1.82) is 5.26 Å². The molecule has 0 aromatic heterocycles. The van der Waals surface area contributed by atoms with Gasteiger partial charge in [0.25, 0.3) is 5.91 Å². The Labute approximate surface area is 185 Å². The zero-order valence-corrected chi connectivity index (χ0v) is 18.3. The summed E-state index contributed by atoms with van der Waals surface area (Å²) >= 11 is 12.0. The Morgan fingerprint density at radius 1 is 1.20 bits per heavy atom. The molecule has 0 aliphatic rings. The van der Waals surface area contributed by atoms with E-state index < -0.39 is 24.5 Å². The second-order valence-electron chi connectivity index (χ2n) is 6.69. The van der Waals surface area contributed by atoms with Crippen LogP contribution in [0, 0.1) is 11.3 Å². The van der Waals surface area contributed by atoms with Crippen molar-refractivity contribution in [2.24, 2.45) is 0 Å². The van der Waals surface area contributed by atoms with E-state index >= 15 is 0 Å². The number of rotatable bonds is 7. The number of nitrogens with one attached hydrogen (secondary N) is 1. The van der Waals surface area contributed by atoms with Crippen LogP contribution in [0.25, 0.3) is 6.08 Å². The van der Waals surface area contributed by atoms with E-state index in [2.05, 4.69) is 5.32 Å². The second kappa shape index (κ2) is 10.7. The lowest BCUT2D eigenvalue weighted by Gasteiger charge is -2.16. The van der Waals surface area contributed by atoms with Crippen molar-refractivity contribution in [3.8, 4) is 6.07 Å². The summed E-state index contributed by atoms with van der Waals surface area (Å²) in [6.07, 6.45) is 1.41. The third kappa shape index (κ3) is 6.51. The molecule has 0 bridgehead atoms. The van der Waals surface area contributed by atoms with Gasteiger partial charge in [0.2, 0.25) is 0 Å². The van der Waals surface area contributed by atoms with Crippen LogP contribution in [-0.4, -0.2) is 32.6 Å². The van der Waals surface area contributed by atoms with Crippen LogP contribution < -0.4 is 10.2 Å². The number of halogens is 2. The van der Waals surface area contributed by atoms with Crippen molar-refractivity contribution < 1.29 is 14.3 Å². The highest BCUT2D eigenvalue weighted by Crippen LogP contribution is 2.26. The largest absolute Gasteiger partial charge is 0.451 e. The number of hydrogen-bond acceptors (Lipinski definition) is 5. The molecule has 1 atom stereocenters. The molecule has 1 amide bonds. The van der Waals surface area contributed by atoms with Crippen LogP contribution in [0.15, 0.2) is 48.0 Å². The third-order valence-electron chi connectivity index (χ3n) is 4.20. The first-order valence-electron chi connectivity index (χ1n) is 9.02. The summed E-state index contributed by atoms with van der Waals surface area (Å²) in [5, 5.41) is 12.9. The Bertz CT molecular complexity index is 996. The quantitative estimate of drug-likeness (QED) is 0.388. The van der Waals surface area contributed by atoms with Crippen LogP contribution in [-0.2, 0) is 14.3 Å². The SMILES string of the molecule is CC(NC(=O)COC(=O)/C(C#N)=C/c1ccc(N(C)C)cc1)c1ccc(Cl)cc1Cl. The lowest BCUT2D eigenvalue weighted by Crippen LogP contribution is -2.31. The normalized spacial score (nSPS) is 11.9. The lowest BCUT2D eigenvalue weighted by atomic mass is 10.1. The standard InChI is InChI=1S/C22H21Cl2N3O3/c1-14(19-9-6-17(23)11-20(19)24)26-21(28)13-30-22(29)16(12-25)10-15-4-7-18(8-5-15)27(2)3/h4-11,14H,13H2,1-3H3,(H,26,28)/b16-10+. The molecular formula is C22H21Cl2N3O3. The highest BCUT2D eigenvalue weighted by Gasteiger charge is 2.16. The van der Waals surface area contributed by atoms with E-state index in [0.717, 1.165) is 5.69 Å². The smallest absolute Gasteiger partial charge is 0.349 e. The van der Waals surface area contributed by atoms with Gasteiger partial charge in [-0.1, -0.05) is 41.4 Å². The van der Waals surface area contributed by atoms with E-state index in [4.69, 9.17) is 27.9 Å². The fourth-order valence-electron chi connectivity index (χ4n) is 2.59. The minimum atomic E-state index is -0.874. The Kier molecular flexibility index (Phi) is 8.28. The molecule has 1 N–H and O–H groups in total. The van der Waals surface area contributed by atoms with E-state index in [0.29, 0.717) is 21.2 Å². The molecule has 2 aromatic carbocycles. The maximum atomic E-state index is 12.2. The number of amides is 1. The molecule has 0 spiro atoms. The molecule has 1 unspecified atom stereocenters. The first-order valence-corrected chi connectivity index (χ1v) is 9.77. The molecule has 0 saturated heterocycles. The van der Waals surface area contributed by atoms with Crippen molar-refractivity contribution in [3.05, 3.63) is 69.2 Å². The molecular weight excluding hydrogens is 425 g/mol. The van der Waals surface area contributed by atoms with Crippen LogP contribution in [0.3, 0.4) is 0 Å². The predicted octanol–water partition coefficient (Wildman–Crippen LogP) is 4.39. The minimum Gasteiger partial charge on any atom is -0.451 e. The molecule has 30 heavy (non-hydrogen) atoms. The van der Waals surface area contributed by atoms with Gasteiger partial charge in [0.1, 0.15) is 11.6 Å². The number of carbonyl (C=O) groups excluding carboxylic acids is 2. The molecule has 0 radical (unpaired) electrons. The van der Waals surface area contributed by atoms with Crippen molar-refractivity contribution in [2.45, 2.75) is 13.0 Å². The number of nitriles is 1. The monoisotopic (exact) mass is 445 g/mol. The van der Waals surface area contributed by atoms with Crippen molar-refractivity contribution in [1.82, 2.24) is 5.32 Å². The number of ether oxygens (including phenoxy) is 1. The van der Waals surface area contributed by atoms with E-state index in [-0.39, 0.29) is 5.57 Å². The molecule has 0 fully saturated rings. The van der Waals surface area contributed by atoms with Gasteiger partial charge in [-0.3, -0.25) is 4.79 Å². The molecule has 2 aromatic rings. The number of carbonyl (C=O) groups is 2. The summed E-state index contributed by atoms with van der Waals surface area (Å²) in [7, 11) is 3.82. The van der Waals surface area contributed by atoms with Gasteiger partial charge in [-0.15, -0.1) is 0 Å². The maximum Gasteiger partial charge on any atom is 0.349 e. The Morgan fingerprint density at radius 3 is 2.43 bits per heavy atom. The molecule has 0 saturated carbocycles. The fourth-order valence-corrected chi connectivity index (χ4v) is 3.17. The first-order chi connectivity index (χ1) is 14.2. The molecule has 0 aliphatic carbocycles. The van der Waals surface area contributed by atoms with Crippen molar-refractivity contribution in [2.75, 3.05) is 25.6 Å². The molecule has 0 aliphatic heterocycles. The van der Waals surface area contributed by atoms with Gasteiger partial charge in [0.15, 0.2) is 6.61 Å². The zero-order chi connectivity index (χ0) is 22.3. The fraction of sp³-hybridized carbons (Fsp3) is 0.227. The summed E-state index contributed by atoms with van der Waals surface area (Å²) in [6.45, 7) is 1.22. The molecule has 156 valence electrons. The van der Waals surface area contributed by atoms with E-state index in [1.807, 2.05) is 31.1 Å². The summed E-state index contributed by atoms with van der Waals surface area (Å²) in [5.41, 5.74) is 2.14. The van der Waals surface area contributed by atoms with Crippen LogP contribution >= 0.6 is 23.2 Å². The topological polar surface area (TPSA) is 82.4 Å². The predicted molar refractivity (Wildman–Crippen MR) is 118 cm³/mol. The molecule has 6 nitrogen and oxygen atoms in total. The lowest BCUT2D eigenvalue weighted by molar-refractivity contribution is -0.144. The van der Waals surface area contributed by atoms with Crippen LogP contribution in [0.1, 0.15) is 24.1 Å². The van der Waals surface area contributed by atoms with Gasteiger partial charge < -0.3 is 15.0 Å². The number of nitrogens with zero attached hydrogens (tertiary/aromatic N) is 2. The van der Waals surface area contributed by atoms with Gasteiger partial charge >= 0.3 is 5.97 Å². The average molecular weight is 446 g/mol. The summed E-state index contributed by atoms with van der Waals surface area (Å²) in [4.78, 5) is 26.2. The number of esters is 1. The first kappa shape index (κ1) is 23.3. The summed E-state index contributed by atoms with van der Waals surface area (Å²) in [5.74, 6) is -1.39. The maximum absolute atomic E-state index is 12.2. The average Bonchev–Trinajstić information content (AvgIpc) is 2.70. The minimum absolute atomic E-state index is 0.200. The van der Waals surface area contributed by atoms with Crippen molar-refractivity contribution in [3.63, 3.8) is 0 Å². The van der Waals surface area contributed by atoms with Gasteiger partial charge in [-0.2, -0.15) is 5.26 Å². The highest BCUT2D eigenvalue weighted by molar-refractivity contribution is 6.35. The number of hydrogen-bond donors (Lipinski definition) is 1. The third-order valence-corrected chi connectivity index (χ3v) is 4.76. The number of anilines is 1. The molecule has 2 rings (SSSR count). The van der Waals surface area contributed by atoms with E-state index in [1.54, 1.807) is 43.3 Å². The Balaban J connectivity index is 1.95. The number of benzene rings is 2. The van der Waals surface area contributed by atoms with E-state index in [9.17, 15) is 14.9 Å².